The van der Waals surface area contributed by atoms with Crippen molar-refractivity contribution in [3.63, 3.8) is 0 Å². The van der Waals surface area contributed by atoms with Crippen LogP contribution in [0.1, 0.15) is 31.4 Å². The van der Waals surface area contributed by atoms with Gasteiger partial charge in [0, 0.05) is 24.2 Å². The molecule has 1 aromatic carbocycles. The molecular formula is C15H22BrNO2. The van der Waals surface area contributed by atoms with E-state index in [1.54, 1.807) is 7.11 Å². The Hall–Kier alpha value is -0.420. The van der Waals surface area contributed by atoms with E-state index in [1.165, 1.54) is 18.4 Å². The van der Waals surface area contributed by atoms with Gasteiger partial charge in [0.15, 0.2) is 0 Å². The molecule has 1 saturated carbocycles. The van der Waals surface area contributed by atoms with E-state index in [0.29, 0.717) is 12.6 Å². The van der Waals surface area contributed by atoms with E-state index in [4.69, 9.17) is 9.47 Å². The molecule has 0 heterocycles. The molecule has 106 valence electrons. The summed E-state index contributed by atoms with van der Waals surface area (Å²) in [5.74, 6) is 0. The summed E-state index contributed by atoms with van der Waals surface area (Å²) in [7, 11) is 1.70. The van der Waals surface area contributed by atoms with Crippen molar-refractivity contribution in [2.75, 3.05) is 20.3 Å². The summed E-state index contributed by atoms with van der Waals surface area (Å²) in [5, 5.41) is 3.54. The molecule has 0 aliphatic heterocycles. The van der Waals surface area contributed by atoms with Crippen molar-refractivity contribution >= 4 is 15.9 Å². The second-order valence-electron chi connectivity index (χ2n) is 5.13. The van der Waals surface area contributed by atoms with Crippen molar-refractivity contribution in [3.8, 4) is 0 Å². The lowest BCUT2D eigenvalue weighted by atomic mass is 10.1. The second kappa shape index (κ2) is 7.39. The maximum Gasteiger partial charge on any atom is 0.0954 e. The number of benzene rings is 1. The standard InChI is InChI=1S/C15H22BrNO2/c1-11(10-18-2)19-15(9-17-14-6-7-14)12-4-3-5-13(16)8-12/h3-5,8,11,14-15,17H,6-7,9-10H2,1-2H3. The molecule has 2 atom stereocenters. The molecule has 0 bridgehead atoms. The van der Waals surface area contributed by atoms with Crippen molar-refractivity contribution < 1.29 is 9.47 Å². The minimum atomic E-state index is 0.0725. The summed E-state index contributed by atoms with van der Waals surface area (Å²) in [5.41, 5.74) is 1.20. The first-order chi connectivity index (χ1) is 9.19. The summed E-state index contributed by atoms with van der Waals surface area (Å²) in [4.78, 5) is 0. The van der Waals surface area contributed by atoms with Crippen molar-refractivity contribution in [1.82, 2.24) is 5.32 Å². The van der Waals surface area contributed by atoms with Crippen molar-refractivity contribution in [2.45, 2.75) is 38.0 Å². The Bertz CT molecular complexity index is 395. The van der Waals surface area contributed by atoms with Crippen LogP contribution in [0.15, 0.2) is 28.7 Å². The summed E-state index contributed by atoms with van der Waals surface area (Å²) in [6, 6.07) is 9.01. The van der Waals surface area contributed by atoms with E-state index in [2.05, 4.69) is 33.4 Å². The largest absolute Gasteiger partial charge is 0.382 e. The minimum absolute atomic E-state index is 0.0725. The normalized spacial score (nSPS) is 18.3. The number of rotatable bonds is 8. The van der Waals surface area contributed by atoms with E-state index >= 15 is 0 Å². The zero-order valence-electron chi connectivity index (χ0n) is 11.6. The van der Waals surface area contributed by atoms with Crippen molar-refractivity contribution in [2.24, 2.45) is 0 Å². The third kappa shape index (κ3) is 5.22. The number of halogens is 1. The molecule has 2 rings (SSSR count). The molecule has 0 saturated heterocycles. The summed E-state index contributed by atoms with van der Waals surface area (Å²) >= 11 is 3.52. The van der Waals surface area contributed by atoms with Gasteiger partial charge < -0.3 is 14.8 Å². The molecular weight excluding hydrogens is 306 g/mol. The third-order valence-electron chi connectivity index (χ3n) is 3.19. The fourth-order valence-electron chi connectivity index (χ4n) is 2.07. The summed E-state index contributed by atoms with van der Waals surface area (Å²) in [6.45, 7) is 3.52. The van der Waals surface area contributed by atoms with Crippen LogP contribution in [0.3, 0.4) is 0 Å². The summed E-state index contributed by atoms with van der Waals surface area (Å²) < 4.78 is 12.3. The molecule has 0 radical (unpaired) electrons. The highest BCUT2D eigenvalue weighted by Crippen LogP contribution is 2.25. The second-order valence-corrected chi connectivity index (χ2v) is 6.04. The minimum Gasteiger partial charge on any atom is -0.382 e. The quantitative estimate of drug-likeness (QED) is 0.794. The molecule has 1 N–H and O–H groups in total. The first-order valence-electron chi connectivity index (χ1n) is 6.82. The molecule has 19 heavy (non-hydrogen) atoms. The van der Waals surface area contributed by atoms with Gasteiger partial charge in [0.1, 0.15) is 0 Å². The highest BCUT2D eigenvalue weighted by atomic mass is 79.9. The number of hydrogen-bond donors (Lipinski definition) is 1. The fraction of sp³-hybridized carbons (Fsp3) is 0.600. The van der Waals surface area contributed by atoms with Gasteiger partial charge in [-0.25, -0.2) is 0 Å². The zero-order chi connectivity index (χ0) is 13.7. The first-order valence-corrected chi connectivity index (χ1v) is 7.61. The van der Waals surface area contributed by atoms with Crippen LogP contribution in [0.5, 0.6) is 0 Å². The molecule has 2 unspecified atom stereocenters. The van der Waals surface area contributed by atoms with Crippen molar-refractivity contribution in [1.29, 1.82) is 0 Å². The maximum atomic E-state index is 6.10. The molecule has 1 fully saturated rings. The number of methoxy groups -OCH3 is 1. The Morgan fingerprint density at radius 2 is 2.21 bits per heavy atom. The Kier molecular flexibility index (Phi) is 5.82. The lowest BCUT2D eigenvalue weighted by Gasteiger charge is -2.23. The lowest BCUT2D eigenvalue weighted by Crippen LogP contribution is -2.28. The lowest BCUT2D eigenvalue weighted by molar-refractivity contribution is -0.0395. The van der Waals surface area contributed by atoms with Gasteiger partial charge in [-0.3, -0.25) is 0 Å². The van der Waals surface area contributed by atoms with E-state index in [-0.39, 0.29) is 12.2 Å². The molecule has 1 aliphatic carbocycles. The van der Waals surface area contributed by atoms with Crippen LogP contribution in [-0.4, -0.2) is 32.4 Å². The highest BCUT2D eigenvalue weighted by Gasteiger charge is 2.23. The molecule has 4 heteroatoms. The fourth-order valence-corrected chi connectivity index (χ4v) is 2.48. The van der Waals surface area contributed by atoms with Gasteiger partial charge in [0.2, 0.25) is 0 Å². The topological polar surface area (TPSA) is 30.5 Å². The first kappa shape index (κ1) is 15.0. The molecule has 0 aromatic heterocycles. The van der Waals surface area contributed by atoms with Crippen LogP contribution in [0, 0.1) is 0 Å². The molecule has 0 spiro atoms. The van der Waals surface area contributed by atoms with Gasteiger partial charge in [0.25, 0.3) is 0 Å². The number of hydrogen-bond acceptors (Lipinski definition) is 3. The molecule has 1 aromatic rings. The Balaban J connectivity index is 1.99. The highest BCUT2D eigenvalue weighted by molar-refractivity contribution is 9.10. The van der Waals surface area contributed by atoms with Gasteiger partial charge >= 0.3 is 0 Å². The van der Waals surface area contributed by atoms with Crippen LogP contribution in [-0.2, 0) is 9.47 Å². The molecule has 0 amide bonds. The third-order valence-corrected chi connectivity index (χ3v) is 3.68. The number of ether oxygens (including phenoxy) is 2. The van der Waals surface area contributed by atoms with Crippen LogP contribution >= 0.6 is 15.9 Å². The smallest absolute Gasteiger partial charge is 0.0954 e. The Morgan fingerprint density at radius 3 is 2.84 bits per heavy atom. The van der Waals surface area contributed by atoms with E-state index in [0.717, 1.165) is 11.0 Å². The SMILES string of the molecule is COCC(C)OC(CNC1CC1)c1cccc(Br)c1. The van der Waals surface area contributed by atoms with E-state index < -0.39 is 0 Å². The van der Waals surface area contributed by atoms with E-state index in [9.17, 15) is 0 Å². The Morgan fingerprint density at radius 1 is 1.42 bits per heavy atom. The zero-order valence-corrected chi connectivity index (χ0v) is 13.2. The van der Waals surface area contributed by atoms with Crippen LogP contribution in [0.4, 0.5) is 0 Å². The predicted molar refractivity (Wildman–Crippen MR) is 80.3 cm³/mol. The van der Waals surface area contributed by atoms with E-state index in [1.807, 2.05) is 19.1 Å². The maximum absolute atomic E-state index is 6.10. The average Bonchev–Trinajstić information content (AvgIpc) is 3.18. The van der Waals surface area contributed by atoms with Crippen molar-refractivity contribution in [3.05, 3.63) is 34.3 Å². The van der Waals surface area contributed by atoms with Gasteiger partial charge in [-0.2, -0.15) is 0 Å². The number of nitrogens with one attached hydrogen (secondary N) is 1. The van der Waals surface area contributed by atoms with Gasteiger partial charge in [-0.05, 0) is 37.5 Å². The van der Waals surface area contributed by atoms with Crippen LogP contribution < -0.4 is 5.32 Å². The Labute approximate surface area is 123 Å². The predicted octanol–water partition coefficient (Wildman–Crippen LogP) is 3.29. The molecule has 1 aliphatic rings. The monoisotopic (exact) mass is 327 g/mol. The molecule has 3 nitrogen and oxygen atoms in total. The van der Waals surface area contributed by atoms with Gasteiger partial charge in [-0.1, -0.05) is 28.1 Å². The van der Waals surface area contributed by atoms with Gasteiger partial charge in [0.05, 0.1) is 18.8 Å². The summed E-state index contributed by atoms with van der Waals surface area (Å²) in [6.07, 6.45) is 2.75. The van der Waals surface area contributed by atoms with Crippen LogP contribution in [0.25, 0.3) is 0 Å². The van der Waals surface area contributed by atoms with Gasteiger partial charge in [-0.15, -0.1) is 0 Å². The average molecular weight is 328 g/mol. The van der Waals surface area contributed by atoms with Crippen LogP contribution in [0.2, 0.25) is 0 Å².